The first-order valence-corrected chi connectivity index (χ1v) is 10.0. The molecule has 1 heterocycles. The maximum absolute atomic E-state index is 12.6. The van der Waals surface area contributed by atoms with Gasteiger partial charge in [-0.2, -0.15) is 0 Å². The van der Waals surface area contributed by atoms with Crippen LogP contribution in [0.5, 0.6) is 0 Å². The highest BCUT2D eigenvalue weighted by molar-refractivity contribution is 5.99. The third-order valence-corrected chi connectivity index (χ3v) is 5.28. The Balaban J connectivity index is 2.03. The SMILES string of the molecule is Cc1[nH]c(C(=O)O[C@H](C)C(=O)N[C@H]2CCCC[C@@H]2C)c(C)c1C(=O)OC(C)C. The van der Waals surface area contributed by atoms with Gasteiger partial charge in [0.05, 0.1) is 11.7 Å². The van der Waals surface area contributed by atoms with Gasteiger partial charge in [-0.3, -0.25) is 4.79 Å². The number of carbonyl (C=O) groups excluding carboxylic acids is 3. The first-order valence-electron chi connectivity index (χ1n) is 10.0. The standard InChI is InChI=1S/C21H32N2O5/c1-11(2)27-20(25)17-13(4)18(22-14(17)5)21(26)28-15(6)19(24)23-16-10-8-7-9-12(16)3/h11-12,15-16,22H,7-10H2,1-6H3,(H,23,24)/t12-,15+,16-/m0/s1. The van der Waals surface area contributed by atoms with Gasteiger partial charge in [0.15, 0.2) is 6.10 Å². The molecule has 0 radical (unpaired) electrons. The quantitative estimate of drug-likeness (QED) is 0.723. The zero-order valence-electron chi connectivity index (χ0n) is 17.7. The van der Waals surface area contributed by atoms with E-state index in [1.807, 2.05) is 0 Å². The molecule has 156 valence electrons. The van der Waals surface area contributed by atoms with Crippen molar-refractivity contribution in [2.24, 2.45) is 5.92 Å². The van der Waals surface area contributed by atoms with Gasteiger partial charge in [-0.1, -0.05) is 19.8 Å². The maximum atomic E-state index is 12.6. The number of aromatic nitrogens is 1. The Labute approximate surface area is 166 Å². The van der Waals surface area contributed by atoms with Crippen molar-refractivity contribution in [3.8, 4) is 0 Å². The van der Waals surface area contributed by atoms with E-state index in [2.05, 4.69) is 17.2 Å². The minimum Gasteiger partial charge on any atom is -0.459 e. The molecule has 0 aromatic carbocycles. The van der Waals surface area contributed by atoms with Crippen molar-refractivity contribution >= 4 is 17.8 Å². The second-order valence-electron chi connectivity index (χ2n) is 8.00. The van der Waals surface area contributed by atoms with Crippen LogP contribution in [-0.4, -0.2) is 41.1 Å². The molecular formula is C21H32N2O5. The van der Waals surface area contributed by atoms with Crippen molar-refractivity contribution in [1.82, 2.24) is 10.3 Å². The molecular weight excluding hydrogens is 360 g/mol. The number of aryl methyl sites for hydroxylation is 1. The van der Waals surface area contributed by atoms with Crippen LogP contribution in [0.2, 0.25) is 0 Å². The molecule has 0 saturated heterocycles. The van der Waals surface area contributed by atoms with Crippen LogP contribution in [0.3, 0.4) is 0 Å². The van der Waals surface area contributed by atoms with Crippen LogP contribution in [0.1, 0.15) is 85.5 Å². The molecule has 2 rings (SSSR count). The Kier molecular flexibility index (Phi) is 7.27. The first-order chi connectivity index (χ1) is 13.1. The van der Waals surface area contributed by atoms with Crippen LogP contribution in [0.4, 0.5) is 0 Å². The monoisotopic (exact) mass is 392 g/mol. The molecule has 7 heteroatoms. The minimum absolute atomic E-state index is 0.120. The van der Waals surface area contributed by atoms with Crippen LogP contribution in [-0.2, 0) is 14.3 Å². The third-order valence-electron chi connectivity index (χ3n) is 5.28. The Morgan fingerprint density at radius 3 is 2.29 bits per heavy atom. The summed E-state index contributed by atoms with van der Waals surface area (Å²) < 4.78 is 10.6. The largest absolute Gasteiger partial charge is 0.459 e. The number of esters is 2. The highest BCUT2D eigenvalue weighted by Gasteiger charge is 2.29. The molecule has 28 heavy (non-hydrogen) atoms. The van der Waals surface area contributed by atoms with Crippen LogP contribution in [0, 0.1) is 19.8 Å². The lowest BCUT2D eigenvalue weighted by atomic mass is 9.86. The summed E-state index contributed by atoms with van der Waals surface area (Å²) in [7, 11) is 0. The predicted molar refractivity (Wildman–Crippen MR) is 105 cm³/mol. The van der Waals surface area contributed by atoms with Crippen LogP contribution >= 0.6 is 0 Å². The van der Waals surface area contributed by atoms with Gasteiger partial charge in [-0.25, -0.2) is 9.59 Å². The Hall–Kier alpha value is -2.31. The van der Waals surface area contributed by atoms with E-state index in [-0.39, 0.29) is 23.7 Å². The number of aromatic amines is 1. The predicted octanol–water partition coefficient (Wildman–Crippen LogP) is 3.44. The van der Waals surface area contributed by atoms with E-state index in [0.717, 1.165) is 19.3 Å². The van der Waals surface area contributed by atoms with Crippen LogP contribution in [0.15, 0.2) is 0 Å². The third kappa shape index (κ3) is 5.14. The molecule has 1 saturated carbocycles. The zero-order chi connectivity index (χ0) is 21.0. The maximum Gasteiger partial charge on any atom is 0.355 e. The van der Waals surface area contributed by atoms with Crippen molar-refractivity contribution in [2.75, 3.05) is 0 Å². The zero-order valence-corrected chi connectivity index (χ0v) is 17.7. The fraction of sp³-hybridized carbons (Fsp3) is 0.667. The molecule has 1 fully saturated rings. The summed E-state index contributed by atoms with van der Waals surface area (Å²) in [6.45, 7) is 10.6. The highest BCUT2D eigenvalue weighted by atomic mass is 16.6. The Morgan fingerprint density at radius 2 is 1.68 bits per heavy atom. The normalized spacial score (nSPS) is 20.5. The second-order valence-corrected chi connectivity index (χ2v) is 8.00. The van der Waals surface area contributed by atoms with Crippen LogP contribution < -0.4 is 5.32 Å². The second kappa shape index (κ2) is 9.26. The average molecular weight is 392 g/mol. The summed E-state index contributed by atoms with van der Waals surface area (Å²) in [5, 5.41) is 3.00. The Morgan fingerprint density at radius 1 is 1.04 bits per heavy atom. The van der Waals surface area contributed by atoms with E-state index in [4.69, 9.17) is 9.47 Å². The van der Waals surface area contributed by atoms with Gasteiger partial charge in [0.25, 0.3) is 5.91 Å². The van der Waals surface area contributed by atoms with Crippen molar-refractivity contribution in [2.45, 2.75) is 85.5 Å². The molecule has 7 nitrogen and oxygen atoms in total. The summed E-state index contributed by atoms with van der Waals surface area (Å²) in [6, 6.07) is 0.120. The number of hydrogen-bond acceptors (Lipinski definition) is 5. The first kappa shape index (κ1) is 22.0. The molecule has 0 unspecified atom stereocenters. The van der Waals surface area contributed by atoms with E-state index in [1.54, 1.807) is 34.6 Å². The molecule has 2 N–H and O–H groups in total. The smallest absolute Gasteiger partial charge is 0.355 e. The van der Waals surface area contributed by atoms with E-state index in [1.165, 1.54) is 6.42 Å². The topological polar surface area (TPSA) is 97.5 Å². The number of amides is 1. The molecule has 1 aromatic rings. The summed E-state index contributed by atoms with van der Waals surface area (Å²) in [6.07, 6.45) is 3.14. The molecule has 1 amide bonds. The fourth-order valence-corrected chi connectivity index (χ4v) is 3.64. The number of carbonyl (C=O) groups is 3. The minimum atomic E-state index is -0.921. The molecule has 1 aliphatic carbocycles. The average Bonchev–Trinajstić information content (AvgIpc) is 2.90. The molecule has 3 atom stereocenters. The van der Waals surface area contributed by atoms with Gasteiger partial charge < -0.3 is 19.8 Å². The van der Waals surface area contributed by atoms with Gasteiger partial charge in [0.2, 0.25) is 0 Å². The van der Waals surface area contributed by atoms with E-state index < -0.39 is 18.0 Å². The lowest BCUT2D eigenvalue weighted by molar-refractivity contribution is -0.130. The van der Waals surface area contributed by atoms with E-state index >= 15 is 0 Å². The van der Waals surface area contributed by atoms with Crippen molar-refractivity contribution in [3.63, 3.8) is 0 Å². The molecule has 0 spiro atoms. The van der Waals surface area contributed by atoms with Gasteiger partial charge in [0.1, 0.15) is 5.69 Å². The van der Waals surface area contributed by atoms with Gasteiger partial charge in [-0.15, -0.1) is 0 Å². The molecule has 1 aromatic heterocycles. The molecule has 0 bridgehead atoms. The van der Waals surface area contributed by atoms with Gasteiger partial charge in [-0.05, 0) is 58.9 Å². The number of rotatable bonds is 6. The number of ether oxygens (including phenoxy) is 2. The lowest BCUT2D eigenvalue weighted by Crippen LogP contribution is -2.46. The number of nitrogens with one attached hydrogen (secondary N) is 2. The number of H-pyrrole nitrogens is 1. The number of hydrogen-bond donors (Lipinski definition) is 2. The van der Waals surface area contributed by atoms with Crippen molar-refractivity contribution in [3.05, 3.63) is 22.5 Å². The summed E-state index contributed by atoms with van der Waals surface area (Å²) in [5.74, 6) is -1.03. The van der Waals surface area contributed by atoms with Gasteiger partial charge >= 0.3 is 11.9 Å². The Bertz CT molecular complexity index is 737. The molecule has 0 aliphatic heterocycles. The highest BCUT2D eigenvalue weighted by Crippen LogP contribution is 2.24. The van der Waals surface area contributed by atoms with Gasteiger partial charge in [0, 0.05) is 11.7 Å². The summed E-state index contributed by atoms with van der Waals surface area (Å²) in [5.41, 5.74) is 1.48. The summed E-state index contributed by atoms with van der Waals surface area (Å²) in [4.78, 5) is 40.1. The van der Waals surface area contributed by atoms with E-state index in [0.29, 0.717) is 22.7 Å². The summed E-state index contributed by atoms with van der Waals surface area (Å²) >= 11 is 0. The van der Waals surface area contributed by atoms with Crippen molar-refractivity contribution in [1.29, 1.82) is 0 Å². The molecule has 1 aliphatic rings. The fourth-order valence-electron chi connectivity index (χ4n) is 3.64. The van der Waals surface area contributed by atoms with Crippen LogP contribution in [0.25, 0.3) is 0 Å². The van der Waals surface area contributed by atoms with E-state index in [9.17, 15) is 14.4 Å². The lowest BCUT2D eigenvalue weighted by Gasteiger charge is -2.30. The van der Waals surface area contributed by atoms with Crippen molar-refractivity contribution < 1.29 is 23.9 Å².